The van der Waals surface area contributed by atoms with E-state index in [9.17, 15) is 0 Å². The van der Waals surface area contributed by atoms with Crippen LogP contribution in [0.4, 0.5) is 0 Å². The maximum Gasteiger partial charge on any atom is 0.0284 e. The molecule has 3 aliphatic carbocycles. The Hall–Kier alpha value is -2.86. The Morgan fingerprint density at radius 1 is 0.862 bits per heavy atom. The smallest absolute Gasteiger partial charge is 0.0284 e. The van der Waals surface area contributed by atoms with Crippen molar-refractivity contribution in [2.45, 2.75) is 44.9 Å². The van der Waals surface area contributed by atoms with E-state index >= 15 is 0 Å². The van der Waals surface area contributed by atoms with E-state index in [2.05, 4.69) is 86.7 Å². The lowest BCUT2D eigenvalue weighted by Gasteiger charge is -2.20. The van der Waals surface area contributed by atoms with Gasteiger partial charge in [0.15, 0.2) is 0 Å². The fraction of sp³-hybridized carbons (Fsp3) is 0.241. The Labute approximate surface area is 173 Å². The van der Waals surface area contributed by atoms with Crippen LogP contribution >= 0.6 is 0 Å². The highest BCUT2D eigenvalue weighted by Gasteiger charge is 2.34. The van der Waals surface area contributed by atoms with Crippen molar-refractivity contribution in [2.75, 3.05) is 0 Å². The normalized spacial score (nSPS) is 21.4. The summed E-state index contributed by atoms with van der Waals surface area (Å²) in [5.74, 6) is 0.895. The topological polar surface area (TPSA) is 0 Å². The molecular weight excluding hydrogens is 348 g/mol. The average molecular weight is 375 g/mol. The highest BCUT2D eigenvalue weighted by Crippen LogP contribution is 2.53. The zero-order valence-corrected chi connectivity index (χ0v) is 17.2. The van der Waals surface area contributed by atoms with Crippen molar-refractivity contribution in [3.8, 4) is 11.1 Å². The first-order valence-electron chi connectivity index (χ1n) is 11.0. The summed E-state index contributed by atoms with van der Waals surface area (Å²) in [5, 5.41) is 0. The first-order chi connectivity index (χ1) is 14.2. The molecule has 29 heavy (non-hydrogen) atoms. The summed E-state index contributed by atoms with van der Waals surface area (Å²) in [6.45, 7) is 4.70. The fourth-order valence-electron chi connectivity index (χ4n) is 5.92. The lowest BCUT2D eigenvalue weighted by molar-refractivity contribution is 0.911. The van der Waals surface area contributed by atoms with Gasteiger partial charge in [-0.25, -0.2) is 0 Å². The number of allylic oxidation sites excluding steroid dienone is 3. The molecular formula is C29H26. The van der Waals surface area contributed by atoms with Crippen LogP contribution in [0.3, 0.4) is 0 Å². The van der Waals surface area contributed by atoms with E-state index in [1.807, 2.05) is 0 Å². The summed E-state index contributed by atoms with van der Waals surface area (Å²) in [7, 11) is 0. The molecule has 3 aromatic carbocycles. The third-order valence-corrected chi connectivity index (χ3v) is 7.43. The van der Waals surface area contributed by atoms with Crippen LogP contribution in [0.15, 0.2) is 72.3 Å². The van der Waals surface area contributed by atoms with E-state index in [1.165, 1.54) is 58.2 Å². The molecule has 0 bridgehead atoms. The van der Waals surface area contributed by atoms with Crippen LogP contribution in [0.1, 0.15) is 65.5 Å². The van der Waals surface area contributed by atoms with Gasteiger partial charge in [-0.05, 0) is 76.3 Å². The molecule has 142 valence electrons. The van der Waals surface area contributed by atoms with E-state index < -0.39 is 0 Å². The molecule has 0 aromatic heterocycles. The van der Waals surface area contributed by atoms with Gasteiger partial charge in [-0.15, -0.1) is 0 Å². The predicted molar refractivity (Wildman–Crippen MR) is 123 cm³/mol. The van der Waals surface area contributed by atoms with Crippen LogP contribution in [-0.2, 0) is 12.8 Å². The van der Waals surface area contributed by atoms with Crippen molar-refractivity contribution >= 4 is 11.6 Å². The van der Waals surface area contributed by atoms with Gasteiger partial charge in [-0.1, -0.05) is 85.3 Å². The van der Waals surface area contributed by atoms with E-state index in [4.69, 9.17) is 0 Å². The maximum absolute atomic E-state index is 2.54. The van der Waals surface area contributed by atoms with Crippen LogP contribution in [0.2, 0.25) is 0 Å². The fourth-order valence-corrected chi connectivity index (χ4v) is 5.92. The molecule has 0 fully saturated rings. The summed E-state index contributed by atoms with van der Waals surface area (Å²) in [5.41, 5.74) is 15.0. The zero-order valence-electron chi connectivity index (χ0n) is 17.2. The van der Waals surface area contributed by atoms with E-state index in [-0.39, 0.29) is 0 Å². The lowest BCUT2D eigenvalue weighted by atomic mass is 9.83. The second-order valence-electron chi connectivity index (χ2n) is 8.85. The first-order valence-corrected chi connectivity index (χ1v) is 11.0. The molecule has 6 rings (SSSR count). The highest BCUT2D eigenvalue weighted by molar-refractivity contribution is 5.91. The van der Waals surface area contributed by atoms with Crippen LogP contribution in [-0.4, -0.2) is 0 Å². The van der Waals surface area contributed by atoms with Crippen LogP contribution < -0.4 is 0 Å². The van der Waals surface area contributed by atoms with Crippen molar-refractivity contribution in [3.05, 3.63) is 106 Å². The monoisotopic (exact) mass is 374 g/mol. The molecule has 0 nitrogen and oxygen atoms in total. The SMILES string of the molecule is CC1=C(C2C=Cc3c2cc2c(c3-c3ccccc3)CCC2)c2ccccc2C1C. The van der Waals surface area contributed by atoms with Crippen LogP contribution in [0.5, 0.6) is 0 Å². The lowest BCUT2D eigenvalue weighted by Crippen LogP contribution is -2.02. The van der Waals surface area contributed by atoms with E-state index in [0.29, 0.717) is 11.8 Å². The molecule has 0 amide bonds. The first kappa shape index (κ1) is 17.0. The largest absolute Gasteiger partial charge is 0.0720 e. The number of aryl methyl sites for hydroxylation is 1. The molecule has 0 N–H and O–H groups in total. The van der Waals surface area contributed by atoms with Crippen LogP contribution in [0.25, 0.3) is 22.8 Å². The molecule has 0 heterocycles. The van der Waals surface area contributed by atoms with Gasteiger partial charge in [-0.3, -0.25) is 0 Å². The summed E-state index contributed by atoms with van der Waals surface area (Å²) in [6.07, 6.45) is 8.59. The molecule has 0 saturated carbocycles. The molecule has 3 aliphatic rings. The van der Waals surface area contributed by atoms with Gasteiger partial charge in [0, 0.05) is 11.8 Å². The van der Waals surface area contributed by atoms with Crippen molar-refractivity contribution in [1.29, 1.82) is 0 Å². The number of fused-ring (bicyclic) bond motifs is 3. The summed E-state index contributed by atoms with van der Waals surface area (Å²) in [4.78, 5) is 0. The molecule has 0 aliphatic heterocycles. The van der Waals surface area contributed by atoms with E-state index in [0.717, 1.165) is 0 Å². The molecule has 0 saturated heterocycles. The third kappa shape index (κ3) is 2.38. The molecule has 0 spiro atoms. The third-order valence-electron chi connectivity index (χ3n) is 7.43. The number of hydrogen-bond acceptors (Lipinski definition) is 0. The Kier molecular flexibility index (Phi) is 3.71. The Morgan fingerprint density at radius 3 is 2.52 bits per heavy atom. The number of rotatable bonds is 2. The van der Waals surface area contributed by atoms with Crippen molar-refractivity contribution in [2.24, 2.45) is 0 Å². The maximum atomic E-state index is 2.54. The molecule has 3 aromatic rings. The highest BCUT2D eigenvalue weighted by atomic mass is 14.4. The Bertz CT molecular complexity index is 1190. The van der Waals surface area contributed by atoms with Gasteiger partial charge in [0.05, 0.1) is 0 Å². The van der Waals surface area contributed by atoms with Gasteiger partial charge in [0.2, 0.25) is 0 Å². The van der Waals surface area contributed by atoms with Gasteiger partial charge < -0.3 is 0 Å². The molecule has 0 radical (unpaired) electrons. The summed E-state index contributed by atoms with van der Waals surface area (Å²) in [6, 6.07) is 22.6. The quantitative estimate of drug-likeness (QED) is 0.434. The zero-order chi connectivity index (χ0) is 19.5. The minimum Gasteiger partial charge on any atom is -0.0720 e. The van der Waals surface area contributed by atoms with Gasteiger partial charge in [0.25, 0.3) is 0 Å². The Balaban J connectivity index is 1.58. The van der Waals surface area contributed by atoms with Crippen molar-refractivity contribution in [1.82, 2.24) is 0 Å². The number of benzene rings is 3. The van der Waals surface area contributed by atoms with Gasteiger partial charge >= 0.3 is 0 Å². The van der Waals surface area contributed by atoms with Crippen molar-refractivity contribution in [3.63, 3.8) is 0 Å². The Morgan fingerprint density at radius 2 is 1.66 bits per heavy atom. The van der Waals surface area contributed by atoms with Crippen molar-refractivity contribution < 1.29 is 0 Å². The predicted octanol–water partition coefficient (Wildman–Crippen LogP) is 7.54. The van der Waals surface area contributed by atoms with Crippen LogP contribution in [0, 0.1) is 0 Å². The molecule has 2 unspecified atom stereocenters. The van der Waals surface area contributed by atoms with Gasteiger partial charge in [0.1, 0.15) is 0 Å². The minimum absolute atomic E-state index is 0.379. The van der Waals surface area contributed by atoms with E-state index in [1.54, 1.807) is 16.7 Å². The minimum atomic E-state index is 0.379. The molecule has 0 heteroatoms. The summed E-state index contributed by atoms with van der Waals surface area (Å²) < 4.78 is 0. The summed E-state index contributed by atoms with van der Waals surface area (Å²) >= 11 is 0. The second-order valence-corrected chi connectivity index (χ2v) is 8.85. The second kappa shape index (κ2) is 6.32. The molecule has 2 atom stereocenters. The standard InChI is InChI=1S/C29H26/c1-18-19(2)28(24-13-7-6-12-22(18)24)25-15-16-26-27(25)17-21-11-8-14-23(21)29(26)20-9-4-3-5-10-20/h3-7,9-10,12-13,15-18,25H,8,11,14H2,1-2H3. The average Bonchev–Trinajstić information content (AvgIpc) is 3.45. The number of hydrogen-bond donors (Lipinski definition) is 0. The van der Waals surface area contributed by atoms with Gasteiger partial charge in [-0.2, -0.15) is 0 Å².